The summed E-state index contributed by atoms with van der Waals surface area (Å²) in [6.07, 6.45) is 0. The van der Waals surface area contributed by atoms with Crippen molar-refractivity contribution in [2.24, 2.45) is 0 Å². The number of benzene rings is 2. The topological polar surface area (TPSA) is 52.6 Å². The predicted molar refractivity (Wildman–Crippen MR) is 68.5 cm³/mol. The van der Waals surface area contributed by atoms with Crippen molar-refractivity contribution in [3.63, 3.8) is 0 Å². The molecule has 20 heavy (non-hydrogen) atoms. The summed E-state index contributed by atoms with van der Waals surface area (Å²) in [5.74, 6) is -1.72. The van der Waals surface area contributed by atoms with Crippen LogP contribution in [0.15, 0.2) is 54.6 Å². The van der Waals surface area contributed by atoms with Crippen molar-refractivity contribution in [2.75, 3.05) is 6.79 Å². The van der Waals surface area contributed by atoms with Gasteiger partial charge in [0.25, 0.3) is 0 Å². The average Bonchev–Trinajstić information content (AvgIpc) is 2.48. The molecule has 0 radical (unpaired) electrons. The highest BCUT2D eigenvalue weighted by Crippen LogP contribution is 2.05. The third-order valence-electron chi connectivity index (χ3n) is 2.47. The Morgan fingerprint density at radius 1 is 0.800 bits per heavy atom. The smallest absolute Gasteiger partial charge is 0.341 e. The summed E-state index contributed by atoms with van der Waals surface area (Å²) in [5, 5.41) is 0. The number of hydrogen-bond donors (Lipinski definition) is 0. The highest BCUT2D eigenvalue weighted by molar-refractivity contribution is 5.90. The summed E-state index contributed by atoms with van der Waals surface area (Å²) in [4.78, 5) is 23.1. The molecule has 0 unspecified atom stereocenters. The third kappa shape index (κ3) is 3.65. The molecule has 0 aliphatic rings. The SMILES string of the molecule is O=C(OCOC(=O)c1ccc(F)cc1)c1ccccc1. The molecular weight excluding hydrogens is 263 g/mol. The second kappa shape index (κ2) is 6.47. The normalized spacial score (nSPS) is 9.85. The minimum atomic E-state index is -0.689. The van der Waals surface area contributed by atoms with E-state index in [4.69, 9.17) is 9.47 Å². The van der Waals surface area contributed by atoms with E-state index in [0.717, 1.165) is 12.1 Å². The minimum Gasteiger partial charge on any atom is -0.424 e. The molecule has 0 amide bonds. The van der Waals surface area contributed by atoms with E-state index in [-0.39, 0.29) is 5.56 Å². The van der Waals surface area contributed by atoms with Crippen LogP contribution >= 0.6 is 0 Å². The van der Waals surface area contributed by atoms with Crippen LogP contribution in [0, 0.1) is 5.82 Å². The Morgan fingerprint density at radius 3 is 1.85 bits per heavy atom. The summed E-state index contributed by atoms with van der Waals surface area (Å²) in [5.41, 5.74) is 0.549. The Bertz CT molecular complexity index is 593. The number of ether oxygens (including phenoxy) is 2. The Morgan fingerprint density at radius 2 is 1.30 bits per heavy atom. The first kappa shape index (κ1) is 13.7. The maximum Gasteiger partial charge on any atom is 0.341 e. The second-order valence-corrected chi connectivity index (χ2v) is 3.85. The van der Waals surface area contributed by atoms with E-state index >= 15 is 0 Å². The Kier molecular flexibility index (Phi) is 4.44. The van der Waals surface area contributed by atoms with Gasteiger partial charge in [-0.3, -0.25) is 0 Å². The van der Waals surface area contributed by atoms with Crippen LogP contribution in [0.5, 0.6) is 0 Å². The van der Waals surface area contributed by atoms with Gasteiger partial charge in [-0.15, -0.1) is 0 Å². The Hall–Kier alpha value is -2.69. The van der Waals surface area contributed by atoms with Crippen molar-refractivity contribution >= 4 is 11.9 Å². The lowest BCUT2D eigenvalue weighted by molar-refractivity contribution is -0.0167. The first-order valence-corrected chi connectivity index (χ1v) is 5.81. The fourth-order valence-electron chi connectivity index (χ4n) is 1.46. The lowest BCUT2D eigenvalue weighted by Crippen LogP contribution is -2.13. The standard InChI is InChI=1S/C15H11FO4/c16-13-8-6-12(7-9-13)15(18)20-10-19-14(17)11-4-2-1-3-5-11/h1-9H,10H2. The molecule has 0 saturated heterocycles. The summed E-state index contributed by atoms with van der Waals surface area (Å²) in [7, 11) is 0. The number of halogens is 1. The van der Waals surface area contributed by atoms with Gasteiger partial charge in [-0.2, -0.15) is 0 Å². The van der Waals surface area contributed by atoms with E-state index in [2.05, 4.69) is 0 Å². The van der Waals surface area contributed by atoms with Crippen molar-refractivity contribution in [2.45, 2.75) is 0 Å². The van der Waals surface area contributed by atoms with Crippen LogP contribution in [-0.4, -0.2) is 18.7 Å². The van der Waals surface area contributed by atoms with E-state index in [1.54, 1.807) is 30.3 Å². The van der Waals surface area contributed by atoms with Gasteiger partial charge in [0.15, 0.2) is 0 Å². The van der Waals surface area contributed by atoms with E-state index in [1.807, 2.05) is 0 Å². The molecule has 102 valence electrons. The fourth-order valence-corrected chi connectivity index (χ4v) is 1.46. The van der Waals surface area contributed by atoms with Crippen molar-refractivity contribution in [1.29, 1.82) is 0 Å². The van der Waals surface area contributed by atoms with Crippen LogP contribution in [-0.2, 0) is 9.47 Å². The molecule has 0 fully saturated rings. The first-order valence-electron chi connectivity index (χ1n) is 5.81. The van der Waals surface area contributed by atoms with Crippen LogP contribution in [0.1, 0.15) is 20.7 Å². The molecule has 0 atom stereocenters. The van der Waals surface area contributed by atoms with E-state index in [0.29, 0.717) is 5.56 Å². The van der Waals surface area contributed by atoms with Gasteiger partial charge in [0, 0.05) is 0 Å². The van der Waals surface area contributed by atoms with Crippen LogP contribution in [0.4, 0.5) is 4.39 Å². The lowest BCUT2D eigenvalue weighted by atomic mass is 10.2. The minimum absolute atomic E-state index is 0.183. The van der Waals surface area contributed by atoms with Gasteiger partial charge < -0.3 is 9.47 Å². The number of carbonyl (C=O) groups excluding carboxylic acids is 2. The summed E-state index contributed by atoms with van der Waals surface area (Å²) >= 11 is 0. The second-order valence-electron chi connectivity index (χ2n) is 3.85. The van der Waals surface area contributed by atoms with Gasteiger partial charge >= 0.3 is 11.9 Å². The van der Waals surface area contributed by atoms with Crippen molar-refractivity contribution in [3.05, 3.63) is 71.5 Å². The maximum atomic E-state index is 12.7. The monoisotopic (exact) mass is 274 g/mol. The zero-order valence-electron chi connectivity index (χ0n) is 10.4. The first-order chi connectivity index (χ1) is 9.66. The zero-order chi connectivity index (χ0) is 14.4. The van der Waals surface area contributed by atoms with Gasteiger partial charge in [-0.05, 0) is 36.4 Å². The molecule has 4 nitrogen and oxygen atoms in total. The van der Waals surface area contributed by atoms with Gasteiger partial charge in [0.1, 0.15) is 5.82 Å². The van der Waals surface area contributed by atoms with Crippen LogP contribution in [0.3, 0.4) is 0 Å². The maximum absolute atomic E-state index is 12.7. The van der Waals surface area contributed by atoms with Crippen molar-refractivity contribution in [3.8, 4) is 0 Å². The molecule has 5 heteroatoms. The molecule has 2 aromatic carbocycles. The largest absolute Gasteiger partial charge is 0.424 e. The molecule has 0 bridgehead atoms. The van der Waals surface area contributed by atoms with E-state index in [9.17, 15) is 14.0 Å². The van der Waals surface area contributed by atoms with Gasteiger partial charge in [-0.1, -0.05) is 18.2 Å². The lowest BCUT2D eigenvalue weighted by Gasteiger charge is -2.06. The van der Waals surface area contributed by atoms with Crippen LogP contribution in [0.25, 0.3) is 0 Å². The fraction of sp³-hybridized carbons (Fsp3) is 0.0667. The van der Waals surface area contributed by atoms with Crippen molar-refractivity contribution < 1.29 is 23.5 Å². The van der Waals surface area contributed by atoms with Crippen molar-refractivity contribution in [1.82, 2.24) is 0 Å². The highest BCUT2D eigenvalue weighted by atomic mass is 19.1. The molecule has 2 rings (SSSR count). The number of esters is 2. The molecule has 0 spiro atoms. The number of rotatable bonds is 4. The van der Waals surface area contributed by atoms with Crippen LogP contribution < -0.4 is 0 Å². The molecule has 0 aliphatic heterocycles. The number of hydrogen-bond acceptors (Lipinski definition) is 4. The average molecular weight is 274 g/mol. The third-order valence-corrected chi connectivity index (χ3v) is 2.47. The summed E-state index contributed by atoms with van der Waals surface area (Å²) in [6.45, 7) is -0.496. The Balaban J connectivity index is 1.83. The summed E-state index contributed by atoms with van der Waals surface area (Å²) < 4.78 is 22.2. The molecule has 0 N–H and O–H groups in total. The summed E-state index contributed by atoms with van der Waals surface area (Å²) in [6, 6.07) is 13.2. The van der Waals surface area contributed by atoms with Gasteiger partial charge in [0.05, 0.1) is 11.1 Å². The van der Waals surface area contributed by atoms with Gasteiger partial charge in [-0.25, -0.2) is 14.0 Å². The van der Waals surface area contributed by atoms with Crippen LogP contribution in [0.2, 0.25) is 0 Å². The van der Waals surface area contributed by atoms with E-state index in [1.165, 1.54) is 12.1 Å². The van der Waals surface area contributed by atoms with E-state index < -0.39 is 24.5 Å². The highest BCUT2D eigenvalue weighted by Gasteiger charge is 2.10. The molecule has 0 saturated carbocycles. The molecule has 0 aliphatic carbocycles. The zero-order valence-corrected chi connectivity index (χ0v) is 10.4. The molecular formula is C15H11FO4. The molecule has 0 heterocycles. The number of carbonyl (C=O) groups is 2. The quantitative estimate of drug-likeness (QED) is 0.635. The molecule has 2 aromatic rings. The molecule has 0 aromatic heterocycles. The Labute approximate surface area is 114 Å². The predicted octanol–water partition coefficient (Wildman–Crippen LogP) is 2.80. The van der Waals surface area contributed by atoms with Gasteiger partial charge in [0.2, 0.25) is 6.79 Å².